The molecule has 5 heteroatoms. The monoisotopic (exact) mass is 354 g/mol. The minimum absolute atomic E-state index is 0.0390. The van der Waals surface area contributed by atoms with E-state index < -0.39 is 0 Å². The largest absolute Gasteiger partial charge is 0.383 e. The molecule has 2 unspecified atom stereocenters. The molecular formula is C16H23BrN2O2. The number of nitrogens with two attached hydrogens (primary N) is 1. The van der Waals surface area contributed by atoms with Crippen LogP contribution in [0.25, 0.3) is 0 Å². The van der Waals surface area contributed by atoms with Crippen molar-refractivity contribution in [1.29, 1.82) is 0 Å². The molecule has 21 heavy (non-hydrogen) atoms. The summed E-state index contributed by atoms with van der Waals surface area (Å²) >= 11 is 3.57. The Morgan fingerprint density at radius 2 is 2.24 bits per heavy atom. The third-order valence-corrected chi connectivity index (χ3v) is 4.92. The van der Waals surface area contributed by atoms with Crippen LogP contribution < -0.4 is 5.73 Å². The number of hydrogen-bond donors (Lipinski definition) is 1. The quantitative estimate of drug-likeness (QED) is 0.904. The number of nitrogens with zero attached hydrogens (tertiary/aromatic N) is 1. The predicted octanol–water partition coefficient (Wildman–Crippen LogP) is 2.78. The summed E-state index contributed by atoms with van der Waals surface area (Å²) in [4.78, 5) is 14.3. The SMILES string of the molecule is COCCN1C(=O)CCCC(N)C1c1ccc(C)c(Br)c1. The lowest BCUT2D eigenvalue weighted by molar-refractivity contribution is -0.134. The molecule has 0 radical (unpaired) electrons. The van der Waals surface area contributed by atoms with Crippen LogP contribution in [0.4, 0.5) is 0 Å². The lowest BCUT2D eigenvalue weighted by atomic mass is 9.95. The summed E-state index contributed by atoms with van der Waals surface area (Å²) in [5.41, 5.74) is 8.64. The van der Waals surface area contributed by atoms with Gasteiger partial charge in [-0.2, -0.15) is 0 Å². The van der Waals surface area contributed by atoms with Gasteiger partial charge >= 0.3 is 0 Å². The molecule has 0 saturated carbocycles. The molecule has 1 heterocycles. The van der Waals surface area contributed by atoms with Crippen molar-refractivity contribution in [1.82, 2.24) is 4.90 Å². The highest BCUT2D eigenvalue weighted by molar-refractivity contribution is 9.10. The molecule has 0 spiro atoms. The van der Waals surface area contributed by atoms with E-state index in [0.29, 0.717) is 19.6 Å². The van der Waals surface area contributed by atoms with E-state index in [1.165, 1.54) is 5.56 Å². The zero-order valence-electron chi connectivity index (χ0n) is 12.6. The van der Waals surface area contributed by atoms with Crippen LogP contribution in [0.15, 0.2) is 22.7 Å². The van der Waals surface area contributed by atoms with Gasteiger partial charge in [-0.15, -0.1) is 0 Å². The summed E-state index contributed by atoms with van der Waals surface area (Å²) in [6.07, 6.45) is 2.29. The van der Waals surface area contributed by atoms with Crippen LogP contribution in [0, 0.1) is 6.92 Å². The van der Waals surface area contributed by atoms with E-state index in [9.17, 15) is 4.79 Å². The predicted molar refractivity (Wildman–Crippen MR) is 87.0 cm³/mol. The maximum Gasteiger partial charge on any atom is 0.223 e. The minimum atomic E-state index is -0.0768. The molecule has 0 bridgehead atoms. The van der Waals surface area contributed by atoms with Gasteiger partial charge in [0.1, 0.15) is 0 Å². The van der Waals surface area contributed by atoms with Crippen LogP contribution in [-0.2, 0) is 9.53 Å². The standard InChI is InChI=1S/C16H23BrN2O2/c1-11-6-7-12(10-13(11)17)16-14(18)4-3-5-15(20)19(16)8-9-21-2/h6-7,10,14,16H,3-5,8-9,18H2,1-2H3. The Balaban J connectivity index is 2.36. The first-order chi connectivity index (χ1) is 10.0. The Kier molecular flexibility index (Phi) is 5.79. The van der Waals surface area contributed by atoms with E-state index in [1.54, 1.807) is 7.11 Å². The molecule has 2 rings (SSSR count). The van der Waals surface area contributed by atoms with Crippen molar-refractivity contribution in [2.75, 3.05) is 20.3 Å². The van der Waals surface area contributed by atoms with Gasteiger partial charge in [0.2, 0.25) is 5.91 Å². The van der Waals surface area contributed by atoms with Gasteiger partial charge in [0.05, 0.1) is 12.6 Å². The number of likely N-dealkylation sites (tertiary alicyclic amines) is 1. The minimum Gasteiger partial charge on any atom is -0.383 e. The lowest BCUT2D eigenvalue weighted by Crippen LogP contribution is -2.43. The summed E-state index contributed by atoms with van der Waals surface area (Å²) < 4.78 is 6.20. The smallest absolute Gasteiger partial charge is 0.223 e. The van der Waals surface area contributed by atoms with Gasteiger partial charge in [-0.1, -0.05) is 28.1 Å². The van der Waals surface area contributed by atoms with Crippen molar-refractivity contribution in [3.63, 3.8) is 0 Å². The van der Waals surface area contributed by atoms with Gasteiger partial charge in [-0.3, -0.25) is 4.79 Å². The van der Waals surface area contributed by atoms with E-state index in [4.69, 9.17) is 10.5 Å². The molecule has 1 aliphatic heterocycles. The average Bonchev–Trinajstić information content (AvgIpc) is 2.59. The van der Waals surface area contributed by atoms with Crippen LogP contribution in [0.1, 0.15) is 36.4 Å². The summed E-state index contributed by atoms with van der Waals surface area (Å²) in [5, 5.41) is 0. The fraction of sp³-hybridized carbons (Fsp3) is 0.562. The van der Waals surface area contributed by atoms with Gasteiger partial charge in [-0.25, -0.2) is 0 Å². The summed E-state index contributed by atoms with van der Waals surface area (Å²) in [5.74, 6) is 0.168. The normalized spacial score (nSPS) is 23.2. The number of methoxy groups -OCH3 is 1. The molecule has 0 aliphatic carbocycles. The van der Waals surface area contributed by atoms with Crippen molar-refractivity contribution in [2.45, 2.75) is 38.3 Å². The first-order valence-electron chi connectivity index (χ1n) is 7.34. The second-order valence-corrected chi connectivity index (χ2v) is 6.44. The van der Waals surface area contributed by atoms with E-state index in [0.717, 1.165) is 22.9 Å². The number of aryl methyl sites for hydroxylation is 1. The van der Waals surface area contributed by atoms with Gasteiger partial charge in [-0.05, 0) is 37.0 Å². The van der Waals surface area contributed by atoms with Gasteiger partial charge < -0.3 is 15.4 Å². The molecule has 1 saturated heterocycles. The zero-order valence-corrected chi connectivity index (χ0v) is 14.2. The maximum absolute atomic E-state index is 12.4. The summed E-state index contributed by atoms with van der Waals surface area (Å²) in [6, 6.07) is 6.10. The number of amides is 1. The molecule has 1 amide bonds. The molecule has 1 aliphatic rings. The van der Waals surface area contributed by atoms with Gasteiger partial charge in [0.25, 0.3) is 0 Å². The number of halogens is 1. The van der Waals surface area contributed by atoms with Crippen LogP contribution >= 0.6 is 15.9 Å². The van der Waals surface area contributed by atoms with Crippen molar-refractivity contribution in [3.05, 3.63) is 33.8 Å². The number of rotatable bonds is 4. The highest BCUT2D eigenvalue weighted by Gasteiger charge is 2.32. The zero-order chi connectivity index (χ0) is 15.4. The first-order valence-corrected chi connectivity index (χ1v) is 8.14. The Morgan fingerprint density at radius 3 is 2.90 bits per heavy atom. The molecule has 1 aromatic carbocycles. The Labute approximate surface area is 134 Å². The van der Waals surface area contributed by atoms with E-state index in [1.807, 2.05) is 4.90 Å². The number of benzene rings is 1. The summed E-state index contributed by atoms with van der Waals surface area (Å²) in [7, 11) is 1.65. The number of hydrogen-bond acceptors (Lipinski definition) is 3. The molecule has 1 fully saturated rings. The van der Waals surface area contributed by atoms with Crippen molar-refractivity contribution >= 4 is 21.8 Å². The topological polar surface area (TPSA) is 55.6 Å². The molecule has 2 N–H and O–H groups in total. The fourth-order valence-corrected chi connectivity index (χ4v) is 3.25. The van der Waals surface area contributed by atoms with E-state index in [-0.39, 0.29) is 18.0 Å². The molecule has 0 aromatic heterocycles. The third-order valence-electron chi connectivity index (χ3n) is 4.06. The Bertz CT molecular complexity index is 507. The van der Waals surface area contributed by atoms with Gasteiger partial charge in [0.15, 0.2) is 0 Å². The molecule has 116 valence electrons. The van der Waals surface area contributed by atoms with E-state index >= 15 is 0 Å². The maximum atomic E-state index is 12.4. The van der Waals surface area contributed by atoms with Crippen molar-refractivity contribution in [2.24, 2.45) is 5.73 Å². The molecule has 4 nitrogen and oxygen atoms in total. The second kappa shape index (κ2) is 7.38. The van der Waals surface area contributed by atoms with Crippen molar-refractivity contribution < 1.29 is 9.53 Å². The van der Waals surface area contributed by atoms with Gasteiger partial charge in [0, 0.05) is 30.6 Å². The van der Waals surface area contributed by atoms with Crippen LogP contribution in [0.3, 0.4) is 0 Å². The molecular weight excluding hydrogens is 332 g/mol. The first kappa shape index (κ1) is 16.5. The van der Waals surface area contributed by atoms with Crippen LogP contribution in [0.2, 0.25) is 0 Å². The Morgan fingerprint density at radius 1 is 1.48 bits per heavy atom. The fourth-order valence-electron chi connectivity index (χ4n) is 2.85. The second-order valence-electron chi connectivity index (χ2n) is 5.59. The summed E-state index contributed by atoms with van der Waals surface area (Å²) in [6.45, 7) is 3.16. The number of ether oxygens (including phenoxy) is 1. The third kappa shape index (κ3) is 3.84. The Hall–Kier alpha value is -0.910. The highest BCUT2D eigenvalue weighted by Crippen LogP contribution is 2.32. The lowest BCUT2D eigenvalue weighted by Gasteiger charge is -2.34. The number of carbonyl (C=O) groups excluding carboxylic acids is 1. The van der Waals surface area contributed by atoms with Crippen LogP contribution in [0.5, 0.6) is 0 Å². The number of carbonyl (C=O) groups is 1. The highest BCUT2D eigenvalue weighted by atomic mass is 79.9. The van der Waals surface area contributed by atoms with Crippen molar-refractivity contribution in [3.8, 4) is 0 Å². The average molecular weight is 355 g/mol. The van der Waals surface area contributed by atoms with E-state index in [2.05, 4.69) is 41.1 Å². The van der Waals surface area contributed by atoms with Crippen LogP contribution in [-0.4, -0.2) is 37.1 Å². The molecule has 1 aromatic rings. The molecule has 2 atom stereocenters.